The predicted octanol–water partition coefficient (Wildman–Crippen LogP) is 1.64. The average molecular weight is 268 g/mol. The van der Waals surface area contributed by atoms with Crippen LogP contribution in [0.5, 0.6) is 0 Å². The zero-order chi connectivity index (χ0) is 13.7. The van der Waals surface area contributed by atoms with Gasteiger partial charge in [0.05, 0.1) is 6.61 Å². The lowest BCUT2D eigenvalue weighted by molar-refractivity contribution is -0.140. The lowest BCUT2D eigenvalue weighted by atomic mass is 9.78. The lowest BCUT2D eigenvalue weighted by Crippen LogP contribution is -2.47. The first kappa shape index (κ1) is 14.8. The van der Waals surface area contributed by atoms with E-state index in [9.17, 15) is 4.79 Å². The van der Waals surface area contributed by atoms with Crippen molar-refractivity contribution in [2.75, 3.05) is 33.4 Å². The van der Waals surface area contributed by atoms with E-state index in [1.807, 2.05) is 0 Å². The fraction of sp³-hybridized carbons (Fsp3) is 0.933. The summed E-state index contributed by atoms with van der Waals surface area (Å²) in [5.74, 6) is 1.46. The summed E-state index contributed by atoms with van der Waals surface area (Å²) in [6.45, 7) is 3.23. The number of amides is 1. The average Bonchev–Trinajstić information content (AvgIpc) is 2.47. The lowest BCUT2D eigenvalue weighted by Gasteiger charge is -2.38. The summed E-state index contributed by atoms with van der Waals surface area (Å²) >= 11 is 0. The number of hydrogen-bond acceptors (Lipinski definition) is 3. The summed E-state index contributed by atoms with van der Waals surface area (Å²) in [5, 5.41) is 0. The highest BCUT2D eigenvalue weighted by Gasteiger charge is 2.34. The Kier molecular flexibility index (Phi) is 5.64. The van der Waals surface area contributed by atoms with Crippen molar-refractivity contribution in [1.29, 1.82) is 0 Å². The van der Waals surface area contributed by atoms with Gasteiger partial charge >= 0.3 is 0 Å². The van der Waals surface area contributed by atoms with E-state index in [-0.39, 0.29) is 5.92 Å². The number of rotatable bonds is 4. The van der Waals surface area contributed by atoms with Crippen molar-refractivity contribution >= 4 is 5.91 Å². The van der Waals surface area contributed by atoms with Crippen molar-refractivity contribution in [2.45, 2.75) is 38.5 Å². The number of carbonyl (C=O) groups is 1. The molecule has 4 nitrogen and oxygen atoms in total. The quantitative estimate of drug-likeness (QED) is 0.843. The van der Waals surface area contributed by atoms with Gasteiger partial charge in [-0.3, -0.25) is 4.79 Å². The third kappa shape index (κ3) is 3.69. The van der Waals surface area contributed by atoms with Crippen LogP contribution in [0.4, 0.5) is 0 Å². The molecule has 110 valence electrons. The molecule has 1 aliphatic heterocycles. The third-order valence-corrected chi connectivity index (χ3v) is 4.76. The second kappa shape index (κ2) is 7.25. The van der Waals surface area contributed by atoms with Crippen molar-refractivity contribution in [1.82, 2.24) is 4.90 Å². The molecule has 0 aromatic heterocycles. The minimum Gasteiger partial charge on any atom is -0.384 e. The van der Waals surface area contributed by atoms with E-state index in [1.54, 1.807) is 7.11 Å². The molecule has 1 saturated carbocycles. The number of nitrogens with two attached hydrogens (primary N) is 1. The van der Waals surface area contributed by atoms with Crippen LogP contribution in [-0.2, 0) is 9.53 Å². The molecule has 0 aromatic carbocycles. The highest BCUT2D eigenvalue weighted by Crippen LogP contribution is 2.32. The van der Waals surface area contributed by atoms with Crippen molar-refractivity contribution < 1.29 is 9.53 Å². The maximum absolute atomic E-state index is 12.7. The minimum absolute atomic E-state index is 0.181. The van der Waals surface area contributed by atoms with Crippen molar-refractivity contribution in [3.05, 3.63) is 0 Å². The second-order valence-electron chi connectivity index (χ2n) is 6.13. The summed E-state index contributed by atoms with van der Waals surface area (Å²) in [5.41, 5.74) is 5.85. The molecule has 0 aromatic rings. The van der Waals surface area contributed by atoms with Crippen molar-refractivity contribution in [3.8, 4) is 0 Å². The first-order valence-corrected chi connectivity index (χ1v) is 7.74. The molecule has 3 unspecified atom stereocenters. The molecule has 0 bridgehead atoms. The van der Waals surface area contributed by atoms with Crippen LogP contribution >= 0.6 is 0 Å². The molecule has 3 atom stereocenters. The highest BCUT2D eigenvalue weighted by molar-refractivity contribution is 5.79. The molecule has 2 rings (SSSR count). The van der Waals surface area contributed by atoms with Gasteiger partial charge in [-0.25, -0.2) is 0 Å². The summed E-state index contributed by atoms with van der Waals surface area (Å²) < 4.78 is 5.24. The van der Waals surface area contributed by atoms with Gasteiger partial charge in [-0.05, 0) is 44.1 Å². The molecule has 1 amide bonds. The Morgan fingerprint density at radius 2 is 2.05 bits per heavy atom. The Bertz CT molecular complexity index is 294. The molecule has 4 heteroatoms. The van der Waals surface area contributed by atoms with Gasteiger partial charge in [0.25, 0.3) is 0 Å². The Labute approximate surface area is 116 Å². The van der Waals surface area contributed by atoms with E-state index in [4.69, 9.17) is 10.5 Å². The Hall–Kier alpha value is -0.610. The summed E-state index contributed by atoms with van der Waals surface area (Å²) in [6.07, 6.45) is 6.87. The van der Waals surface area contributed by atoms with Crippen LogP contribution in [0.3, 0.4) is 0 Å². The van der Waals surface area contributed by atoms with Gasteiger partial charge in [0.1, 0.15) is 0 Å². The molecule has 19 heavy (non-hydrogen) atoms. The fourth-order valence-corrected chi connectivity index (χ4v) is 3.69. The largest absolute Gasteiger partial charge is 0.384 e. The monoisotopic (exact) mass is 268 g/mol. The number of carbonyl (C=O) groups excluding carboxylic acids is 1. The number of hydrogen-bond donors (Lipinski definition) is 1. The normalized spacial score (nSPS) is 32.3. The van der Waals surface area contributed by atoms with E-state index in [0.29, 0.717) is 24.3 Å². The SMILES string of the molecule is COCC1CCCN(C(=O)C2CCCCC2CN)C1. The maximum Gasteiger partial charge on any atom is 0.226 e. The summed E-state index contributed by atoms with van der Waals surface area (Å²) in [7, 11) is 1.74. The Morgan fingerprint density at radius 3 is 2.79 bits per heavy atom. The van der Waals surface area contributed by atoms with Crippen LogP contribution in [-0.4, -0.2) is 44.2 Å². The van der Waals surface area contributed by atoms with Crippen LogP contribution in [0.2, 0.25) is 0 Å². The van der Waals surface area contributed by atoms with Crippen LogP contribution in [0.1, 0.15) is 38.5 Å². The van der Waals surface area contributed by atoms with Crippen molar-refractivity contribution in [3.63, 3.8) is 0 Å². The minimum atomic E-state index is 0.181. The third-order valence-electron chi connectivity index (χ3n) is 4.76. The number of nitrogens with zero attached hydrogens (tertiary/aromatic N) is 1. The summed E-state index contributed by atoms with van der Waals surface area (Å²) in [6, 6.07) is 0. The van der Waals surface area contributed by atoms with E-state index in [2.05, 4.69) is 4.90 Å². The number of ether oxygens (including phenoxy) is 1. The predicted molar refractivity (Wildman–Crippen MR) is 75.7 cm³/mol. The molecule has 1 heterocycles. The molecule has 2 aliphatic rings. The molecule has 2 fully saturated rings. The van der Waals surface area contributed by atoms with Crippen molar-refractivity contribution in [2.24, 2.45) is 23.5 Å². The molecule has 0 spiro atoms. The zero-order valence-corrected chi connectivity index (χ0v) is 12.1. The summed E-state index contributed by atoms with van der Waals surface area (Å²) in [4.78, 5) is 14.8. The van der Waals surface area contributed by atoms with Gasteiger partial charge < -0.3 is 15.4 Å². The fourth-order valence-electron chi connectivity index (χ4n) is 3.69. The van der Waals surface area contributed by atoms with Crippen LogP contribution < -0.4 is 5.73 Å². The second-order valence-corrected chi connectivity index (χ2v) is 6.13. The highest BCUT2D eigenvalue weighted by atomic mass is 16.5. The standard InChI is InChI=1S/C15H28N2O2/c1-19-11-12-5-4-8-17(10-12)15(18)14-7-3-2-6-13(14)9-16/h12-14H,2-11,16H2,1H3. The maximum atomic E-state index is 12.7. The Balaban J connectivity index is 1.93. The van der Waals surface area contributed by atoms with Gasteiger partial charge in [0.2, 0.25) is 5.91 Å². The first-order chi connectivity index (χ1) is 9.26. The van der Waals surface area contributed by atoms with E-state index in [0.717, 1.165) is 39.0 Å². The zero-order valence-electron chi connectivity index (χ0n) is 12.1. The first-order valence-electron chi connectivity index (χ1n) is 7.74. The molecule has 2 N–H and O–H groups in total. The van der Waals surface area contributed by atoms with E-state index in [1.165, 1.54) is 19.3 Å². The van der Waals surface area contributed by atoms with Gasteiger partial charge in [0.15, 0.2) is 0 Å². The molecule has 1 aliphatic carbocycles. The number of methoxy groups -OCH3 is 1. The Morgan fingerprint density at radius 1 is 1.26 bits per heavy atom. The van der Waals surface area contributed by atoms with E-state index < -0.39 is 0 Å². The molecule has 1 saturated heterocycles. The molecular formula is C15H28N2O2. The van der Waals surface area contributed by atoms with Crippen LogP contribution in [0, 0.1) is 17.8 Å². The van der Waals surface area contributed by atoms with Gasteiger partial charge in [-0.2, -0.15) is 0 Å². The van der Waals surface area contributed by atoms with Gasteiger partial charge in [-0.15, -0.1) is 0 Å². The smallest absolute Gasteiger partial charge is 0.226 e. The number of piperidine rings is 1. The molecular weight excluding hydrogens is 240 g/mol. The molecule has 0 radical (unpaired) electrons. The van der Waals surface area contributed by atoms with Gasteiger partial charge in [-0.1, -0.05) is 12.8 Å². The van der Waals surface area contributed by atoms with Gasteiger partial charge in [0, 0.05) is 26.1 Å². The topological polar surface area (TPSA) is 55.6 Å². The number of likely N-dealkylation sites (tertiary alicyclic amines) is 1. The van der Waals surface area contributed by atoms with Crippen LogP contribution in [0.25, 0.3) is 0 Å². The van der Waals surface area contributed by atoms with Crippen LogP contribution in [0.15, 0.2) is 0 Å². The van der Waals surface area contributed by atoms with E-state index >= 15 is 0 Å².